The lowest BCUT2D eigenvalue weighted by Crippen LogP contribution is -1.96. The molecule has 0 aromatic carbocycles. The van der Waals surface area contributed by atoms with Crippen molar-refractivity contribution in [2.45, 2.75) is 0 Å². The lowest BCUT2D eigenvalue weighted by molar-refractivity contribution is 1.09. The molecular weight excluding hydrogens is 308 g/mol. The normalized spacial score (nSPS) is 10.4. The van der Waals surface area contributed by atoms with Gasteiger partial charge in [0.2, 0.25) is 0 Å². The molecule has 7 heteroatoms. The van der Waals surface area contributed by atoms with Gasteiger partial charge in [-0.05, 0) is 28.1 Å². The smallest absolute Gasteiger partial charge is 0.163 e. The fourth-order valence-electron chi connectivity index (χ4n) is 1.57. The average Bonchev–Trinajstić information content (AvgIpc) is 2.92. The Labute approximate surface area is 117 Å². The Morgan fingerprint density at radius 3 is 2.95 bits per heavy atom. The molecule has 3 aromatic rings. The number of rotatable bonds is 3. The van der Waals surface area contributed by atoms with E-state index < -0.39 is 0 Å². The Hall–Kier alpha value is -2.28. The summed E-state index contributed by atoms with van der Waals surface area (Å²) in [5.74, 6) is 1.31. The highest BCUT2D eigenvalue weighted by Crippen LogP contribution is 2.20. The quantitative estimate of drug-likeness (QED) is 0.776. The Kier molecular flexibility index (Phi) is 3.20. The van der Waals surface area contributed by atoms with Crippen LogP contribution >= 0.6 is 15.9 Å². The molecule has 3 rings (SSSR count). The van der Waals surface area contributed by atoms with E-state index in [1.807, 2.05) is 6.07 Å². The van der Waals surface area contributed by atoms with Gasteiger partial charge in [-0.15, -0.1) is 0 Å². The Bertz CT molecular complexity index is 682. The predicted octanol–water partition coefficient (Wildman–Crippen LogP) is 2.77. The van der Waals surface area contributed by atoms with Gasteiger partial charge in [0.05, 0.1) is 11.9 Å². The summed E-state index contributed by atoms with van der Waals surface area (Å²) in [6.45, 7) is 0. The Morgan fingerprint density at radius 2 is 2.16 bits per heavy atom. The van der Waals surface area contributed by atoms with E-state index in [4.69, 9.17) is 0 Å². The van der Waals surface area contributed by atoms with Gasteiger partial charge in [0, 0.05) is 34.8 Å². The molecule has 2 N–H and O–H groups in total. The van der Waals surface area contributed by atoms with Crippen LogP contribution < -0.4 is 5.32 Å². The van der Waals surface area contributed by atoms with Crippen LogP contribution in [0.1, 0.15) is 0 Å². The second-order valence-electron chi connectivity index (χ2n) is 3.77. The molecule has 0 radical (unpaired) electrons. The van der Waals surface area contributed by atoms with Crippen LogP contribution in [0, 0.1) is 0 Å². The zero-order chi connectivity index (χ0) is 13.1. The summed E-state index contributed by atoms with van der Waals surface area (Å²) in [6, 6.07) is 3.71. The van der Waals surface area contributed by atoms with Crippen molar-refractivity contribution in [2.75, 3.05) is 5.32 Å². The number of nitrogens with zero attached hydrogens (tertiary/aromatic N) is 4. The highest BCUT2D eigenvalue weighted by atomic mass is 79.9. The second kappa shape index (κ2) is 5.15. The molecular formula is C12H9BrN6. The van der Waals surface area contributed by atoms with Gasteiger partial charge >= 0.3 is 0 Å². The molecule has 0 saturated heterocycles. The molecule has 0 aliphatic heterocycles. The standard InChI is InChI=1S/C12H9BrN6/c13-9-3-8(4-14-5-9)12-15-2-1-11(19-12)18-10-6-16-17-7-10/h1-7H,(H,16,17)(H,15,18,19). The zero-order valence-electron chi connectivity index (χ0n) is 9.71. The summed E-state index contributed by atoms with van der Waals surface area (Å²) in [4.78, 5) is 12.8. The van der Waals surface area contributed by atoms with Crippen LogP contribution in [0.5, 0.6) is 0 Å². The summed E-state index contributed by atoms with van der Waals surface area (Å²) in [6.07, 6.45) is 8.58. The first-order chi connectivity index (χ1) is 9.31. The average molecular weight is 317 g/mol. The zero-order valence-corrected chi connectivity index (χ0v) is 11.3. The minimum absolute atomic E-state index is 0.613. The van der Waals surface area contributed by atoms with Crippen molar-refractivity contribution in [3.8, 4) is 11.4 Å². The van der Waals surface area contributed by atoms with Gasteiger partial charge in [-0.3, -0.25) is 10.1 Å². The van der Waals surface area contributed by atoms with Crippen LogP contribution in [0.4, 0.5) is 11.5 Å². The molecule has 94 valence electrons. The van der Waals surface area contributed by atoms with Crippen LogP contribution in [0.3, 0.4) is 0 Å². The summed E-state index contributed by atoms with van der Waals surface area (Å²) in [5, 5.41) is 9.73. The molecule has 0 aliphatic carbocycles. The van der Waals surface area contributed by atoms with E-state index in [9.17, 15) is 0 Å². The monoisotopic (exact) mass is 316 g/mol. The number of hydrogen-bond donors (Lipinski definition) is 2. The SMILES string of the molecule is Brc1cncc(-c2nccc(Nc3cn[nH]c3)n2)c1. The first kappa shape index (κ1) is 11.8. The number of pyridine rings is 1. The lowest BCUT2D eigenvalue weighted by Gasteiger charge is -2.04. The number of nitrogens with one attached hydrogen (secondary N) is 2. The third kappa shape index (κ3) is 2.76. The molecule has 0 atom stereocenters. The molecule has 0 amide bonds. The summed E-state index contributed by atoms with van der Waals surface area (Å²) in [7, 11) is 0. The Balaban J connectivity index is 1.91. The van der Waals surface area contributed by atoms with Crippen molar-refractivity contribution in [1.82, 2.24) is 25.1 Å². The molecule has 3 heterocycles. The second-order valence-corrected chi connectivity index (χ2v) is 4.68. The third-order valence-corrected chi connectivity index (χ3v) is 2.82. The number of aromatic amines is 1. The van der Waals surface area contributed by atoms with E-state index in [1.54, 1.807) is 37.1 Å². The molecule has 0 unspecified atom stereocenters. The van der Waals surface area contributed by atoms with E-state index in [0.717, 1.165) is 15.7 Å². The van der Waals surface area contributed by atoms with Gasteiger partial charge in [-0.25, -0.2) is 9.97 Å². The third-order valence-electron chi connectivity index (χ3n) is 2.39. The van der Waals surface area contributed by atoms with Crippen molar-refractivity contribution in [1.29, 1.82) is 0 Å². The molecule has 0 saturated carbocycles. The predicted molar refractivity (Wildman–Crippen MR) is 74.8 cm³/mol. The maximum absolute atomic E-state index is 4.43. The number of aromatic nitrogens is 5. The van der Waals surface area contributed by atoms with Crippen molar-refractivity contribution in [3.63, 3.8) is 0 Å². The minimum Gasteiger partial charge on any atom is -0.338 e. The molecule has 0 fully saturated rings. The topological polar surface area (TPSA) is 79.4 Å². The summed E-state index contributed by atoms with van der Waals surface area (Å²) >= 11 is 3.38. The molecule has 3 aromatic heterocycles. The summed E-state index contributed by atoms with van der Waals surface area (Å²) in [5.41, 5.74) is 1.70. The van der Waals surface area contributed by atoms with Crippen molar-refractivity contribution >= 4 is 27.4 Å². The van der Waals surface area contributed by atoms with E-state index >= 15 is 0 Å². The van der Waals surface area contributed by atoms with Gasteiger partial charge < -0.3 is 5.32 Å². The van der Waals surface area contributed by atoms with E-state index in [-0.39, 0.29) is 0 Å². The molecule has 0 spiro atoms. The van der Waals surface area contributed by atoms with Crippen LogP contribution in [0.25, 0.3) is 11.4 Å². The van der Waals surface area contributed by atoms with Gasteiger partial charge in [0.25, 0.3) is 0 Å². The van der Waals surface area contributed by atoms with E-state index in [1.165, 1.54) is 0 Å². The van der Waals surface area contributed by atoms with Crippen LogP contribution in [0.2, 0.25) is 0 Å². The maximum Gasteiger partial charge on any atom is 0.163 e. The molecule has 0 bridgehead atoms. The number of halogens is 1. The van der Waals surface area contributed by atoms with Gasteiger partial charge in [-0.2, -0.15) is 5.10 Å². The highest BCUT2D eigenvalue weighted by Gasteiger charge is 2.04. The summed E-state index contributed by atoms with van der Waals surface area (Å²) < 4.78 is 0.891. The van der Waals surface area contributed by atoms with Gasteiger partial charge in [0.1, 0.15) is 5.82 Å². The minimum atomic E-state index is 0.613. The van der Waals surface area contributed by atoms with Crippen molar-refractivity contribution < 1.29 is 0 Å². The fourth-order valence-corrected chi connectivity index (χ4v) is 1.93. The van der Waals surface area contributed by atoms with Gasteiger partial charge in [-0.1, -0.05) is 0 Å². The lowest BCUT2D eigenvalue weighted by atomic mass is 10.2. The molecule has 19 heavy (non-hydrogen) atoms. The highest BCUT2D eigenvalue weighted by molar-refractivity contribution is 9.10. The first-order valence-corrected chi connectivity index (χ1v) is 6.30. The number of hydrogen-bond acceptors (Lipinski definition) is 5. The number of anilines is 2. The van der Waals surface area contributed by atoms with Crippen molar-refractivity contribution in [3.05, 3.63) is 47.6 Å². The van der Waals surface area contributed by atoms with Crippen LogP contribution in [0.15, 0.2) is 47.6 Å². The van der Waals surface area contributed by atoms with Crippen LogP contribution in [-0.2, 0) is 0 Å². The van der Waals surface area contributed by atoms with Gasteiger partial charge in [0.15, 0.2) is 5.82 Å². The first-order valence-electron chi connectivity index (χ1n) is 5.51. The van der Waals surface area contributed by atoms with E-state index in [2.05, 4.69) is 46.4 Å². The number of H-pyrrole nitrogens is 1. The van der Waals surface area contributed by atoms with Crippen LogP contribution in [-0.4, -0.2) is 25.1 Å². The molecule has 0 aliphatic rings. The maximum atomic E-state index is 4.43. The van der Waals surface area contributed by atoms with E-state index in [0.29, 0.717) is 11.6 Å². The van der Waals surface area contributed by atoms with Crippen molar-refractivity contribution in [2.24, 2.45) is 0 Å². The molecule has 6 nitrogen and oxygen atoms in total. The largest absolute Gasteiger partial charge is 0.338 e. The fraction of sp³-hybridized carbons (Fsp3) is 0. The Morgan fingerprint density at radius 1 is 1.21 bits per heavy atom.